The molecule has 0 bridgehead atoms. The van der Waals surface area contributed by atoms with E-state index in [0.717, 1.165) is 0 Å². The van der Waals surface area contributed by atoms with Crippen molar-refractivity contribution >= 4 is 27.3 Å². The van der Waals surface area contributed by atoms with Gasteiger partial charge in [-0.05, 0) is 38.5 Å². The van der Waals surface area contributed by atoms with E-state index in [1.165, 1.54) is 12.1 Å². The lowest BCUT2D eigenvalue weighted by Gasteiger charge is -2.11. The van der Waals surface area contributed by atoms with Crippen LogP contribution in [0.1, 0.15) is 19.4 Å². The number of halogens is 1. The molecule has 0 aromatic heterocycles. The van der Waals surface area contributed by atoms with E-state index in [2.05, 4.69) is 4.72 Å². The normalized spacial score (nSPS) is 12.1. The van der Waals surface area contributed by atoms with Gasteiger partial charge in [-0.25, -0.2) is 13.1 Å². The molecule has 0 saturated carbocycles. The SMILES string of the molecule is Cc1c(N)cc(S(=O)(=O)NCCOC(C)C)cc1Cl. The first-order chi connectivity index (χ1) is 8.74. The number of benzene rings is 1. The minimum absolute atomic E-state index is 0.0603. The number of ether oxygens (including phenoxy) is 1. The van der Waals surface area contributed by atoms with Gasteiger partial charge in [-0.15, -0.1) is 0 Å². The van der Waals surface area contributed by atoms with Gasteiger partial charge in [0.1, 0.15) is 0 Å². The number of nitrogens with two attached hydrogens (primary N) is 1. The molecule has 0 aliphatic carbocycles. The molecule has 7 heteroatoms. The Bertz CT molecular complexity index is 521. The monoisotopic (exact) mass is 306 g/mol. The largest absolute Gasteiger partial charge is 0.398 e. The molecule has 0 radical (unpaired) electrons. The van der Waals surface area contributed by atoms with Crippen LogP contribution in [0.15, 0.2) is 17.0 Å². The van der Waals surface area contributed by atoms with Crippen LogP contribution in [0.3, 0.4) is 0 Å². The molecule has 19 heavy (non-hydrogen) atoms. The van der Waals surface area contributed by atoms with Crippen molar-refractivity contribution < 1.29 is 13.2 Å². The predicted molar refractivity (Wildman–Crippen MR) is 76.9 cm³/mol. The van der Waals surface area contributed by atoms with Gasteiger partial charge in [-0.3, -0.25) is 0 Å². The van der Waals surface area contributed by atoms with Crippen LogP contribution in [0.4, 0.5) is 5.69 Å². The molecule has 0 aliphatic heterocycles. The van der Waals surface area contributed by atoms with E-state index < -0.39 is 10.0 Å². The van der Waals surface area contributed by atoms with Crippen LogP contribution < -0.4 is 10.5 Å². The maximum atomic E-state index is 12.0. The molecular weight excluding hydrogens is 288 g/mol. The fourth-order valence-electron chi connectivity index (χ4n) is 1.38. The number of nitrogens with one attached hydrogen (secondary N) is 1. The van der Waals surface area contributed by atoms with Crippen LogP contribution in [-0.4, -0.2) is 27.7 Å². The molecule has 0 fully saturated rings. The van der Waals surface area contributed by atoms with E-state index in [9.17, 15) is 8.42 Å². The molecule has 1 aromatic carbocycles. The van der Waals surface area contributed by atoms with Gasteiger partial charge in [0.05, 0.1) is 17.6 Å². The van der Waals surface area contributed by atoms with E-state index in [1.807, 2.05) is 13.8 Å². The van der Waals surface area contributed by atoms with Crippen molar-refractivity contribution in [2.45, 2.75) is 31.8 Å². The van der Waals surface area contributed by atoms with Gasteiger partial charge < -0.3 is 10.5 Å². The van der Waals surface area contributed by atoms with E-state index in [-0.39, 0.29) is 17.5 Å². The first-order valence-electron chi connectivity index (χ1n) is 5.91. The molecule has 1 aromatic rings. The van der Waals surface area contributed by atoms with Gasteiger partial charge in [0.2, 0.25) is 10.0 Å². The molecule has 0 heterocycles. The summed E-state index contributed by atoms with van der Waals surface area (Å²) in [6.07, 6.45) is 0.0639. The summed E-state index contributed by atoms with van der Waals surface area (Å²) in [5.41, 5.74) is 6.73. The third kappa shape index (κ3) is 4.65. The molecule has 5 nitrogen and oxygen atoms in total. The van der Waals surface area contributed by atoms with Gasteiger partial charge in [-0.1, -0.05) is 11.6 Å². The number of rotatable bonds is 6. The number of hydrogen-bond acceptors (Lipinski definition) is 4. The summed E-state index contributed by atoms with van der Waals surface area (Å²) in [5.74, 6) is 0. The fraction of sp³-hybridized carbons (Fsp3) is 0.500. The Morgan fingerprint density at radius 3 is 2.58 bits per heavy atom. The van der Waals surface area contributed by atoms with Crippen LogP contribution in [-0.2, 0) is 14.8 Å². The van der Waals surface area contributed by atoms with Crippen molar-refractivity contribution in [3.05, 3.63) is 22.7 Å². The molecule has 0 spiro atoms. The molecule has 108 valence electrons. The predicted octanol–water partition coefficient (Wildman–Crippen LogP) is 1.93. The van der Waals surface area contributed by atoms with Crippen molar-refractivity contribution in [1.82, 2.24) is 4.72 Å². The summed E-state index contributed by atoms with van der Waals surface area (Å²) in [6, 6.07) is 2.78. The second-order valence-corrected chi connectivity index (χ2v) is 6.61. The summed E-state index contributed by atoms with van der Waals surface area (Å²) in [7, 11) is -3.61. The molecule has 0 atom stereocenters. The highest BCUT2D eigenvalue weighted by Gasteiger charge is 2.16. The lowest BCUT2D eigenvalue weighted by molar-refractivity contribution is 0.0834. The molecule has 3 N–H and O–H groups in total. The Kier molecular flexibility index (Phi) is 5.61. The standard InChI is InChI=1S/C12H19ClN2O3S/c1-8(2)18-5-4-15-19(16,17)10-6-11(13)9(3)12(14)7-10/h6-8,15H,4-5,14H2,1-3H3. The third-order valence-electron chi connectivity index (χ3n) is 2.51. The van der Waals surface area contributed by atoms with Crippen LogP contribution in [0.25, 0.3) is 0 Å². The highest BCUT2D eigenvalue weighted by Crippen LogP contribution is 2.25. The van der Waals surface area contributed by atoms with Crippen molar-refractivity contribution in [3.8, 4) is 0 Å². The maximum absolute atomic E-state index is 12.0. The molecule has 0 aliphatic rings. The van der Waals surface area contributed by atoms with Gasteiger partial charge in [-0.2, -0.15) is 0 Å². The topological polar surface area (TPSA) is 81.4 Å². The van der Waals surface area contributed by atoms with E-state index in [0.29, 0.717) is 22.9 Å². The van der Waals surface area contributed by atoms with Crippen molar-refractivity contribution in [2.24, 2.45) is 0 Å². The zero-order valence-electron chi connectivity index (χ0n) is 11.2. The lowest BCUT2D eigenvalue weighted by Crippen LogP contribution is -2.28. The van der Waals surface area contributed by atoms with Crippen LogP contribution in [0.2, 0.25) is 5.02 Å². The van der Waals surface area contributed by atoms with Crippen molar-refractivity contribution in [3.63, 3.8) is 0 Å². The Labute approximate surface area is 119 Å². The fourth-order valence-corrected chi connectivity index (χ4v) is 2.75. The number of hydrogen-bond donors (Lipinski definition) is 2. The van der Waals surface area contributed by atoms with Crippen molar-refractivity contribution in [1.29, 1.82) is 0 Å². The van der Waals surface area contributed by atoms with E-state index in [1.54, 1.807) is 6.92 Å². The summed E-state index contributed by atoms with van der Waals surface area (Å²) in [6.45, 7) is 6.01. The number of nitrogen functional groups attached to an aromatic ring is 1. The Hall–Kier alpha value is -0.820. The van der Waals surface area contributed by atoms with Gasteiger partial charge in [0.15, 0.2) is 0 Å². The molecule has 0 saturated heterocycles. The average Bonchev–Trinajstić information content (AvgIpc) is 2.31. The van der Waals surface area contributed by atoms with Gasteiger partial charge in [0, 0.05) is 17.3 Å². The molecule has 1 rings (SSSR count). The quantitative estimate of drug-likeness (QED) is 0.621. The highest BCUT2D eigenvalue weighted by atomic mass is 35.5. The van der Waals surface area contributed by atoms with E-state index >= 15 is 0 Å². The molecular formula is C12H19ClN2O3S. The van der Waals surface area contributed by atoms with Crippen LogP contribution in [0, 0.1) is 6.92 Å². The average molecular weight is 307 g/mol. The van der Waals surface area contributed by atoms with Gasteiger partial charge in [0.25, 0.3) is 0 Å². The first kappa shape index (κ1) is 16.2. The zero-order valence-corrected chi connectivity index (χ0v) is 12.8. The first-order valence-corrected chi connectivity index (χ1v) is 7.77. The van der Waals surface area contributed by atoms with Crippen LogP contribution >= 0.6 is 11.6 Å². The van der Waals surface area contributed by atoms with E-state index in [4.69, 9.17) is 22.1 Å². The third-order valence-corrected chi connectivity index (χ3v) is 4.35. The summed E-state index contributed by atoms with van der Waals surface area (Å²) >= 11 is 5.93. The Morgan fingerprint density at radius 1 is 1.42 bits per heavy atom. The summed E-state index contributed by atoms with van der Waals surface area (Å²) in [5, 5.41) is 0.332. The summed E-state index contributed by atoms with van der Waals surface area (Å²) in [4.78, 5) is 0.0603. The zero-order chi connectivity index (χ0) is 14.6. The molecule has 0 amide bonds. The number of sulfonamides is 1. The second kappa shape index (κ2) is 6.56. The van der Waals surface area contributed by atoms with Gasteiger partial charge >= 0.3 is 0 Å². The Balaban J connectivity index is 2.78. The smallest absolute Gasteiger partial charge is 0.240 e. The minimum atomic E-state index is -3.61. The molecule has 0 unspecified atom stereocenters. The van der Waals surface area contributed by atoms with Crippen molar-refractivity contribution in [2.75, 3.05) is 18.9 Å². The Morgan fingerprint density at radius 2 is 2.05 bits per heavy atom. The number of anilines is 1. The summed E-state index contributed by atoms with van der Waals surface area (Å²) < 4.78 is 31.7. The lowest BCUT2D eigenvalue weighted by atomic mass is 10.2. The van der Waals surface area contributed by atoms with Crippen LogP contribution in [0.5, 0.6) is 0 Å². The minimum Gasteiger partial charge on any atom is -0.398 e. The second-order valence-electron chi connectivity index (χ2n) is 4.44. The highest BCUT2D eigenvalue weighted by molar-refractivity contribution is 7.89. The maximum Gasteiger partial charge on any atom is 0.240 e.